The van der Waals surface area contributed by atoms with E-state index in [1.165, 1.54) is 11.3 Å². The van der Waals surface area contributed by atoms with E-state index in [1.54, 1.807) is 24.5 Å². The van der Waals surface area contributed by atoms with Crippen molar-refractivity contribution in [3.05, 3.63) is 53.7 Å². The smallest absolute Gasteiger partial charge is 0.251 e. The highest BCUT2D eigenvalue weighted by atomic mass is 32.1. The summed E-state index contributed by atoms with van der Waals surface area (Å²) in [6.07, 6.45) is 3.33. The van der Waals surface area contributed by atoms with Crippen molar-refractivity contribution in [2.45, 2.75) is 6.92 Å². The van der Waals surface area contributed by atoms with Gasteiger partial charge in [0.15, 0.2) is 5.13 Å². The van der Waals surface area contributed by atoms with Crippen molar-refractivity contribution in [3.8, 4) is 11.4 Å². The molecular formula is C16H15N5OS. The summed E-state index contributed by atoms with van der Waals surface area (Å²) >= 11 is 1.46. The standard InChI is InChI=1S/C16H15N5OS/c1-2-17-15(22)11-6-8-19-14(9-11)21-16-20-13(10-23-16)12-5-3-4-7-18-12/h3-10H,2H2,1H3,(H,17,22)(H,19,20,21). The number of carbonyl (C=O) groups excluding carboxylic acids is 1. The Labute approximate surface area is 137 Å². The third-order valence-corrected chi connectivity index (χ3v) is 3.78. The van der Waals surface area contributed by atoms with Gasteiger partial charge in [-0.25, -0.2) is 9.97 Å². The van der Waals surface area contributed by atoms with Crippen LogP contribution in [0.3, 0.4) is 0 Å². The topological polar surface area (TPSA) is 79.8 Å². The van der Waals surface area contributed by atoms with Gasteiger partial charge >= 0.3 is 0 Å². The number of hydrogen-bond donors (Lipinski definition) is 2. The first-order valence-electron chi connectivity index (χ1n) is 7.14. The van der Waals surface area contributed by atoms with E-state index >= 15 is 0 Å². The van der Waals surface area contributed by atoms with Crippen LogP contribution in [0.5, 0.6) is 0 Å². The first-order chi connectivity index (χ1) is 11.3. The maximum atomic E-state index is 11.9. The molecule has 3 rings (SSSR count). The lowest BCUT2D eigenvalue weighted by Gasteiger charge is -2.05. The minimum Gasteiger partial charge on any atom is -0.352 e. The second kappa shape index (κ2) is 6.97. The van der Waals surface area contributed by atoms with Gasteiger partial charge < -0.3 is 10.6 Å². The summed E-state index contributed by atoms with van der Waals surface area (Å²) in [6, 6.07) is 9.08. The van der Waals surface area contributed by atoms with Gasteiger partial charge in [0.05, 0.1) is 5.69 Å². The van der Waals surface area contributed by atoms with Gasteiger partial charge in [-0.3, -0.25) is 9.78 Å². The Morgan fingerprint density at radius 1 is 1.17 bits per heavy atom. The Hall–Kier alpha value is -2.80. The Bertz CT molecular complexity index is 803. The van der Waals surface area contributed by atoms with E-state index in [4.69, 9.17) is 0 Å². The zero-order valence-electron chi connectivity index (χ0n) is 12.5. The normalized spacial score (nSPS) is 10.3. The SMILES string of the molecule is CCNC(=O)c1ccnc(Nc2nc(-c3ccccn3)cs2)c1. The van der Waals surface area contributed by atoms with Crippen LogP contribution in [0.1, 0.15) is 17.3 Å². The highest BCUT2D eigenvalue weighted by molar-refractivity contribution is 7.14. The van der Waals surface area contributed by atoms with Gasteiger partial charge in [0.25, 0.3) is 5.91 Å². The predicted octanol–water partition coefficient (Wildman–Crippen LogP) is 3.09. The highest BCUT2D eigenvalue weighted by Crippen LogP contribution is 2.25. The summed E-state index contributed by atoms with van der Waals surface area (Å²) in [7, 11) is 0. The molecule has 0 unspecified atom stereocenters. The molecule has 0 aromatic carbocycles. The predicted molar refractivity (Wildman–Crippen MR) is 90.9 cm³/mol. The van der Waals surface area contributed by atoms with Crippen LogP contribution in [0.4, 0.5) is 10.9 Å². The quantitative estimate of drug-likeness (QED) is 0.753. The van der Waals surface area contributed by atoms with Gasteiger partial charge in [0.1, 0.15) is 11.5 Å². The maximum Gasteiger partial charge on any atom is 0.251 e. The van der Waals surface area contributed by atoms with Crippen molar-refractivity contribution in [1.82, 2.24) is 20.3 Å². The summed E-state index contributed by atoms with van der Waals surface area (Å²) in [5.74, 6) is 0.460. The van der Waals surface area contributed by atoms with E-state index in [2.05, 4.69) is 25.6 Å². The molecule has 0 atom stereocenters. The fraction of sp³-hybridized carbons (Fsp3) is 0.125. The average molecular weight is 325 g/mol. The number of pyridine rings is 2. The lowest BCUT2D eigenvalue weighted by molar-refractivity contribution is 0.0956. The van der Waals surface area contributed by atoms with Gasteiger partial charge in [0.2, 0.25) is 0 Å². The second-order valence-electron chi connectivity index (χ2n) is 4.67. The molecule has 0 bridgehead atoms. The highest BCUT2D eigenvalue weighted by Gasteiger charge is 2.08. The van der Waals surface area contributed by atoms with Crippen LogP contribution in [-0.4, -0.2) is 27.4 Å². The number of hydrogen-bond acceptors (Lipinski definition) is 6. The molecule has 3 aromatic heterocycles. The van der Waals surface area contributed by atoms with Crippen LogP contribution < -0.4 is 10.6 Å². The lowest BCUT2D eigenvalue weighted by atomic mass is 10.2. The van der Waals surface area contributed by atoms with Crippen LogP contribution in [0.25, 0.3) is 11.4 Å². The van der Waals surface area contributed by atoms with Crippen LogP contribution in [-0.2, 0) is 0 Å². The van der Waals surface area contributed by atoms with E-state index in [9.17, 15) is 4.79 Å². The molecule has 0 saturated carbocycles. The van der Waals surface area contributed by atoms with Gasteiger partial charge in [-0.2, -0.15) is 0 Å². The van der Waals surface area contributed by atoms with E-state index in [1.807, 2.05) is 30.5 Å². The van der Waals surface area contributed by atoms with Crippen molar-refractivity contribution >= 4 is 28.2 Å². The van der Waals surface area contributed by atoms with Gasteiger partial charge in [-0.1, -0.05) is 6.07 Å². The number of nitrogens with one attached hydrogen (secondary N) is 2. The zero-order valence-corrected chi connectivity index (χ0v) is 13.3. The molecule has 0 aliphatic rings. The molecule has 6 nitrogen and oxygen atoms in total. The Morgan fingerprint density at radius 2 is 2.09 bits per heavy atom. The third-order valence-electron chi connectivity index (χ3n) is 3.03. The minimum atomic E-state index is -0.119. The van der Waals surface area contributed by atoms with Crippen LogP contribution in [0.2, 0.25) is 0 Å². The molecule has 3 aromatic rings. The number of carbonyl (C=O) groups is 1. The third kappa shape index (κ3) is 3.70. The van der Waals surface area contributed by atoms with E-state index in [0.717, 1.165) is 11.4 Å². The largest absolute Gasteiger partial charge is 0.352 e. The molecule has 7 heteroatoms. The molecule has 0 aliphatic carbocycles. The molecule has 116 valence electrons. The number of anilines is 2. The van der Waals surface area contributed by atoms with Gasteiger partial charge in [0, 0.05) is 29.9 Å². The number of amides is 1. The Morgan fingerprint density at radius 3 is 2.87 bits per heavy atom. The van der Waals surface area contributed by atoms with Crippen molar-refractivity contribution in [1.29, 1.82) is 0 Å². The molecule has 2 N–H and O–H groups in total. The number of aromatic nitrogens is 3. The van der Waals surface area contributed by atoms with E-state index in [0.29, 0.717) is 23.1 Å². The monoisotopic (exact) mass is 325 g/mol. The summed E-state index contributed by atoms with van der Waals surface area (Å²) in [5, 5.41) is 8.51. The van der Waals surface area contributed by atoms with Crippen LogP contribution in [0.15, 0.2) is 48.1 Å². The molecule has 3 heterocycles. The molecule has 23 heavy (non-hydrogen) atoms. The number of nitrogens with zero attached hydrogens (tertiary/aromatic N) is 3. The first kappa shape index (κ1) is 15.1. The van der Waals surface area contributed by atoms with E-state index < -0.39 is 0 Å². The summed E-state index contributed by atoms with van der Waals surface area (Å²) in [4.78, 5) is 24.8. The van der Waals surface area contributed by atoms with Crippen molar-refractivity contribution in [3.63, 3.8) is 0 Å². The average Bonchev–Trinajstić information content (AvgIpc) is 3.05. The first-order valence-corrected chi connectivity index (χ1v) is 8.02. The summed E-state index contributed by atoms with van der Waals surface area (Å²) in [5.41, 5.74) is 2.18. The molecular weight excluding hydrogens is 310 g/mol. The Kier molecular flexibility index (Phi) is 4.58. The van der Waals surface area contributed by atoms with Crippen molar-refractivity contribution in [2.75, 3.05) is 11.9 Å². The molecule has 0 saturated heterocycles. The van der Waals surface area contributed by atoms with Gasteiger partial charge in [-0.05, 0) is 31.2 Å². The molecule has 0 spiro atoms. The Balaban J connectivity index is 1.76. The number of thiazole rings is 1. The van der Waals surface area contributed by atoms with Crippen LogP contribution in [0, 0.1) is 0 Å². The van der Waals surface area contributed by atoms with Crippen molar-refractivity contribution < 1.29 is 4.79 Å². The van der Waals surface area contributed by atoms with E-state index in [-0.39, 0.29) is 5.91 Å². The van der Waals surface area contributed by atoms with Crippen LogP contribution >= 0.6 is 11.3 Å². The van der Waals surface area contributed by atoms with Crippen molar-refractivity contribution in [2.24, 2.45) is 0 Å². The maximum absolute atomic E-state index is 11.9. The second-order valence-corrected chi connectivity index (χ2v) is 5.53. The molecule has 0 fully saturated rings. The zero-order chi connectivity index (χ0) is 16.1. The number of rotatable bonds is 5. The lowest BCUT2D eigenvalue weighted by Crippen LogP contribution is -2.22. The fourth-order valence-electron chi connectivity index (χ4n) is 1.98. The molecule has 1 amide bonds. The van der Waals surface area contributed by atoms with Gasteiger partial charge in [-0.15, -0.1) is 11.3 Å². The summed E-state index contributed by atoms with van der Waals surface area (Å²) < 4.78 is 0. The molecule has 0 aliphatic heterocycles. The fourth-order valence-corrected chi connectivity index (χ4v) is 2.69. The summed E-state index contributed by atoms with van der Waals surface area (Å²) in [6.45, 7) is 2.47. The minimum absolute atomic E-state index is 0.119. The molecule has 0 radical (unpaired) electrons.